The molecule has 1 rings (SSSR count). The van der Waals surface area contributed by atoms with Gasteiger partial charge in [0.15, 0.2) is 0 Å². The van der Waals surface area contributed by atoms with Crippen LogP contribution in [0, 0.1) is 20.8 Å². The summed E-state index contributed by atoms with van der Waals surface area (Å²) in [6.07, 6.45) is 1.61. The molecule has 1 atom stereocenters. The van der Waals surface area contributed by atoms with E-state index in [1.165, 1.54) is 21.2 Å². The molecule has 0 spiro atoms. The molecule has 0 heterocycles. The summed E-state index contributed by atoms with van der Waals surface area (Å²) in [5.74, 6) is 0. The van der Waals surface area contributed by atoms with Crippen LogP contribution in [0.5, 0.6) is 0 Å². The van der Waals surface area contributed by atoms with Gasteiger partial charge in [-0.05, 0) is 31.9 Å². The van der Waals surface area contributed by atoms with Gasteiger partial charge in [0.2, 0.25) is 0 Å². The molecule has 1 aromatic carbocycles. The van der Waals surface area contributed by atoms with Crippen molar-refractivity contribution >= 4 is 26.9 Å². The Hall–Kier alpha value is -0.190. The normalized spacial score (nSPS) is 11.6. The highest BCUT2D eigenvalue weighted by molar-refractivity contribution is 9.10. The Morgan fingerprint density at radius 2 is 1.69 bits per heavy atom. The quantitative estimate of drug-likeness (QED) is 0.893. The van der Waals surface area contributed by atoms with Gasteiger partial charge in [-0.25, -0.2) is 8.93 Å². The third-order valence-electron chi connectivity index (χ3n) is 1.93. The maximum atomic E-state index is 10.0. The van der Waals surface area contributed by atoms with E-state index in [1.807, 2.05) is 6.92 Å². The molecule has 0 bridgehead atoms. The summed E-state index contributed by atoms with van der Waals surface area (Å²) in [5, 5.41) is 0. The van der Waals surface area contributed by atoms with Crippen LogP contribution in [0.15, 0.2) is 16.6 Å². The second-order valence-corrected chi connectivity index (χ2v) is 5.65. The van der Waals surface area contributed by atoms with Gasteiger partial charge >= 0.3 is 0 Å². The molecule has 0 fully saturated rings. The van der Waals surface area contributed by atoms with E-state index in [1.54, 1.807) is 6.26 Å². The Balaban J connectivity index is 0.000000325. The van der Waals surface area contributed by atoms with Crippen LogP contribution in [-0.4, -0.2) is 17.0 Å². The van der Waals surface area contributed by atoms with Gasteiger partial charge in [-0.2, -0.15) is 0 Å². The smallest absolute Gasteiger partial charge is 0.0883 e. The van der Waals surface area contributed by atoms with Crippen molar-refractivity contribution in [3.05, 3.63) is 33.3 Å². The summed E-state index contributed by atoms with van der Waals surface area (Å²) in [6, 6.07) is 4.36. The van der Waals surface area contributed by atoms with Crippen molar-refractivity contribution in [1.29, 1.82) is 0 Å². The molecule has 16 heavy (non-hydrogen) atoms. The van der Waals surface area contributed by atoms with Gasteiger partial charge in [0.05, 0.1) is 11.0 Å². The number of halogens is 1. The second kappa shape index (κ2) is 7.98. The lowest BCUT2D eigenvalue weighted by molar-refractivity contribution is 0.678. The van der Waals surface area contributed by atoms with E-state index < -0.39 is 11.0 Å². The standard InChI is InChI=1S/C9H11Br.C3H9NOS/c1-6-4-7(2)9(10)8(3)5-6;1-3-4-6(2)5/h4-5H,1-3H3;4H,3H2,1-2H3. The average molecular weight is 306 g/mol. The number of nitrogens with one attached hydrogen (secondary N) is 1. The Bertz CT molecular complexity index is 343. The predicted molar refractivity (Wildman–Crippen MR) is 76.1 cm³/mol. The minimum absolute atomic E-state index is 0.781. The molecule has 0 aliphatic carbocycles. The molecule has 92 valence electrons. The second-order valence-electron chi connectivity index (χ2n) is 3.66. The molecule has 1 aromatic rings. The first-order valence-corrected chi connectivity index (χ1v) is 7.53. The van der Waals surface area contributed by atoms with Crippen LogP contribution in [0.4, 0.5) is 0 Å². The number of aryl methyl sites for hydroxylation is 3. The van der Waals surface area contributed by atoms with Gasteiger partial charge in [0.1, 0.15) is 0 Å². The first-order chi connectivity index (χ1) is 7.38. The Morgan fingerprint density at radius 3 is 1.94 bits per heavy atom. The van der Waals surface area contributed by atoms with Crippen LogP contribution in [0.25, 0.3) is 0 Å². The predicted octanol–water partition coefficient (Wildman–Crippen LogP) is 3.26. The summed E-state index contributed by atoms with van der Waals surface area (Å²) in [6.45, 7) is 9.05. The lowest BCUT2D eigenvalue weighted by atomic mass is 10.1. The highest BCUT2D eigenvalue weighted by Gasteiger charge is 1.97. The van der Waals surface area contributed by atoms with Crippen LogP contribution >= 0.6 is 15.9 Å². The van der Waals surface area contributed by atoms with Crippen molar-refractivity contribution in [3.8, 4) is 0 Å². The van der Waals surface area contributed by atoms with Crippen molar-refractivity contribution < 1.29 is 4.21 Å². The van der Waals surface area contributed by atoms with E-state index >= 15 is 0 Å². The van der Waals surface area contributed by atoms with E-state index in [9.17, 15) is 4.21 Å². The summed E-state index contributed by atoms with van der Waals surface area (Å²) in [4.78, 5) is 0. The number of rotatable bonds is 2. The minimum atomic E-state index is -0.816. The fraction of sp³-hybridized carbons (Fsp3) is 0.500. The topological polar surface area (TPSA) is 29.1 Å². The summed E-state index contributed by atoms with van der Waals surface area (Å²) in [5.41, 5.74) is 3.97. The molecule has 4 heteroatoms. The molecule has 0 aromatic heterocycles. The molecule has 0 saturated heterocycles. The first-order valence-electron chi connectivity index (χ1n) is 5.18. The van der Waals surface area contributed by atoms with E-state index in [0.29, 0.717) is 0 Å². The fourth-order valence-corrected chi connectivity index (χ4v) is 2.00. The van der Waals surface area contributed by atoms with Gasteiger partial charge in [-0.1, -0.05) is 40.5 Å². The highest BCUT2D eigenvalue weighted by Crippen LogP contribution is 2.21. The lowest BCUT2D eigenvalue weighted by Gasteiger charge is -2.03. The zero-order valence-electron chi connectivity index (χ0n) is 10.6. The molecule has 0 radical (unpaired) electrons. The van der Waals surface area contributed by atoms with Crippen molar-refractivity contribution in [2.75, 3.05) is 12.8 Å². The fourth-order valence-electron chi connectivity index (χ4n) is 1.37. The van der Waals surface area contributed by atoms with Crippen LogP contribution < -0.4 is 4.72 Å². The monoisotopic (exact) mass is 305 g/mol. The molecule has 0 amide bonds. The largest absolute Gasteiger partial charge is 0.243 e. The van der Waals surface area contributed by atoms with Gasteiger partial charge in [-0.15, -0.1) is 0 Å². The Labute approximate surface area is 110 Å². The van der Waals surface area contributed by atoms with Crippen LogP contribution in [0.2, 0.25) is 0 Å². The molecule has 2 nitrogen and oxygen atoms in total. The number of hydrogen-bond donors (Lipinski definition) is 1. The van der Waals surface area contributed by atoms with E-state index in [2.05, 4.69) is 53.6 Å². The lowest BCUT2D eigenvalue weighted by Crippen LogP contribution is -2.13. The molecule has 0 aliphatic rings. The zero-order chi connectivity index (χ0) is 12.7. The average Bonchev–Trinajstić information content (AvgIpc) is 2.14. The number of hydrogen-bond acceptors (Lipinski definition) is 1. The highest BCUT2D eigenvalue weighted by atomic mass is 79.9. The first kappa shape index (κ1) is 15.8. The number of benzene rings is 1. The van der Waals surface area contributed by atoms with Crippen LogP contribution in [0.3, 0.4) is 0 Å². The molecule has 0 aliphatic heterocycles. The van der Waals surface area contributed by atoms with E-state index in [-0.39, 0.29) is 0 Å². The Morgan fingerprint density at radius 1 is 1.25 bits per heavy atom. The van der Waals surface area contributed by atoms with Gasteiger partial charge in [0, 0.05) is 17.3 Å². The molecular formula is C12H20BrNOS. The maximum Gasteiger partial charge on any atom is 0.0883 e. The van der Waals surface area contributed by atoms with Gasteiger partial charge in [0.25, 0.3) is 0 Å². The van der Waals surface area contributed by atoms with E-state index in [4.69, 9.17) is 0 Å². The zero-order valence-corrected chi connectivity index (χ0v) is 13.0. The molecule has 1 N–H and O–H groups in total. The van der Waals surface area contributed by atoms with Crippen molar-refractivity contribution in [1.82, 2.24) is 4.72 Å². The van der Waals surface area contributed by atoms with Gasteiger partial charge in [-0.3, -0.25) is 0 Å². The van der Waals surface area contributed by atoms with Gasteiger partial charge < -0.3 is 0 Å². The molecular weight excluding hydrogens is 286 g/mol. The maximum absolute atomic E-state index is 10.0. The van der Waals surface area contributed by atoms with Crippen molar-refractivity contribution in [3.63, 3.8) is 0 Å². The third kappa shape index (κ3) is 6.40. The van der Waals surface area contributed by atoms with Crippen LogP contribution in [0.1, 0.15) is 23.6 Å². The summed E-state index contributed by atoms with van der Waals surface area (Å²) >= 11 is 3.51. The summed E-state index contributed by atoms with van der Waals surface area (Å²) < 4.78 is 14.0. The minimum Gasteiger partial charge on any atom is -0.243 e. The van der Waals surface area contributed by atoms with Crippen molar-refractivity contribution in [2.24, 2.45) is 0 Å². The Kier molecular flexibility index (Phi) is 7.89. The van der Waals surface area contributed by atoms with E-state index in [0.717, 1.165) is 6.54 Å². The molecule has 1 unspecified atom stereocenters. The van der Waals surface area contributed by atoms with Crippen LogP contribution in [-0.2, 0) is 11.0 Å². The van der Waals surface area contributed by atoms with Crippen molar-refractivity contribution in [2.45, 2.75) is 27.7 Å². The summed E-state index contributed by atoms with van der Waals surface area (Å²) in [7, 11) is -0.816. The SMILES string of the molecule is CCNS(C)=O.Cc1cc(C)c(Br)c(C)c1. The third-order valence-corrected chi connectivity index (χ3v) is 3.87. The molecule has 0 saturated carbocycles.